The van der Waals surface area contributed by atoms with Gasteiger partial charge in [0.15, 0.2) is 0 Å². The summed E-state index contributed by atoms with van der Waals surface area (Å²) in [7, 11) is 0. The van der Waals surface area contributed by atoms with Crippen LogP contribution < -0.4 is 0 Å². The third-order valence-electron chi connectivity index (χ3n) is 3.80. The largest absolute Gasteiger partial charge is 0.508 e. The molecular formula is C20H16O6. The van der Waals surface area contributed by atoms with Crippen molar-refractivity contribution < 1.29 is 30.6 Å². The Balaban J connectivity index is 0.000000151. The van der Waals surface area contributed by atoms with Crippen LogP contribution in [0.4, 0.5) is 0 Å². The summed E-state index contributed by atoms with van der Waals surface area (Å²) in [6.45, 7) is 0. The highest BCUT2D eigenvalue weighted by Crippen LogP contribution is 2.32. The van der Waals surface area contributed by atoms with Gasteiger partial charge in [-0.2, -0.15) is 0 Å². The summed E-state index contributed by atoms with van der Waals surface area (Å²) >= 11 is 0. The lowest BCUT2D eigenvalue weighted by atomic mass is 10.1. The molecule has 6 nitrogen and oxygen atoms in total. The molecule has 4 rings (SSSR count). The lowest BCUT2D eigenvalue weighted by Gasteiger charge is -2.02. The third-order valence-corrected chi connectivity index (χ3v) is 3.80. The number of hydrogen-bond donors (Lipinski definition) is 6. The van der Waals surface area contributed by atoms with Crippen LogP contribution in [-0.4, -0.2) is 30.6 Å². The standard InChI is InChI=1S/2C10H8O3/c2*11-7-1-2-9-6(3-7)4-8(12)5-10(9)13/h2*1-5,11-13H. The van der Waals surface area contributed by atoms with Gasteiger partial charge in [0.2, 0.25) is 0 Å². The maximum absolute atomic E-state index is 9.40. The topological polar surface area (TPSA) is 121 Å². The normalized spacial score (nSPS) is 10.5. The van der Waals surface area contributed by atoms with Gasteiger partial charge in [0.25, 0.3) is 0 Å². The molecule has 6 heteroatoms. The maximum Gasteiger partial charge on any atom is 0.127 e. The Bertz CT molecular complexity index is 1000. The minimum absolute atomic E-state index is 0.00926. The van der Waals surface area contributed by atoms with E-state index in [1.54, 1.807) is 12.1 Å². The highest BCUT2D eigenvalue weighted by molar-refractivity contribution is 5.91. The average Bonchev–Trinajstić information content (AvgIpc) is 2.54. The smallest absolute Gasteiger partial charge is 0.127 e. The van der Waals surface area contributed by atoms with E-state index in [-0.39, 0.29) is 34.5 Å². The van der Waals surface area contributed by atoms with Crippen LogP contribution in [0.25, 0.3) is 21.5 Å². The molecule has 0 amide bonds. The van der Waals surface area contributed by atoms with Crippen molar-refractivity contribution in [1.29, 1.82) is 0 Å². The summed E-state index contributed by atoms with van der Waals surface area (Å²) in [4.78, 5) is 0. The first kappa shape index (κ1) is 17.0. The van der Waals surface area contributed by atoms with E-state index in [1.165, 1.54) is 48.5 Å². The zero-order valence-electron chi connectivity index (χ0n) is 13.5. The van der Waals surface area contributed by atoms with E-state index >= 15 is 0 Å². The van der Waals surface area contributed by atoms with Gasteiger partial charge in [-0.05, 0) is 59.3 Å². The van der Waals surface area contributed by atoms with E-state index in [0.717, 1.165) is 0 Å². The van der Waals surface area contributed by atoms with E-state index in [2.05, 4.69) is 0 Å². The van der Waals surface area contributed by atoms with Crippen molar-refractivity contribution in [3.63, 3.8) is 0 Å². The highest BCUT2D eigenvalue weighted by Gasteiger charge is 2.03. The third kappa shape index (κ3) is 3.49. The fourth-order valence-corrected chi connectivity index (χ4v) is 2.64. The molecule has 0 aliphatic heterocycles. The number of hydrogen-bond acceptors (Lipinski definition) is 6. The Hall–Kier alpha value is -3.80. The number of rotatable bonds is 0. The lowest BCUT2D eigenvalue weighted by molar-refractivity contribution is 0.453. The molecule has 0 radical (unpaired) electrons. The number of phenolic OH excluding ortho intramolecular Hbond substituents is 6. The summed E-state index contributed by atoms with van der Waals surface area (Å²) in [6, 6.07) is 14.6. The molecule has 0 aliphatic rings. The van der Waals surface area contributed by atoms with Gasteiger partial charge in [0, 0.05) is 22.9 Å². The van der Waals surface area contributed by atoms with Gasteiger partial charge in [-0.3, -0.25) is 0 Å². The van der Waals surface area contributed by atoms with E-state index in [4.69, 9.17) is 20.4 Å². The molecule has 6 N–H and O–H groups in total. The SMILES string of the molecule is Oc1ccc2c(O)cc(O)cc2c1.Oc1ccc2c(O)cc(O)cc2c1. The second kappa shape index (κ2) is 6.60. The van der Waals surface area contributed by atoms with Crippen molar-refractivity contribution in [1.82, 2.24) is 0 Å². The second-order valence-electron chi connectivity index (χ2n) is 5.74. The van der Waals surface area contributed by atoms with Crippen molar-refractivity contribution in [3.8, 4) is 34.5 Å². The first-order chi connectivity index (χ1) is 12.3. The van der Waals surface area contributed by atoms with Crippen molar-refractivity contribution >= 4 is 21.5 Å². The summed E-state index contributed by atoms with van der Waals surface area (Å²) in [6.07, 6.45) is 0. The minimum Gasteiger partial charge on any atom is -0.508 e. The van der Waals surface area contributed by atoms with E-state index < -0.39 is 0 Å². The molecule has 132 valence electrons. The highest BCUT2D eigenvalue weighted by atomic mass is 16.3. The Kier molecular flexibility index (Phi) is 4.33. The first-order valence-corrected chi connectivity index (χ1v) is 7.63. The lowest BCUT2D eigenvalue weighted by Crippen LogP contribution is -1.74. The predicted octanol–water partition coefficient (Wildman–Crippen LogP) is 3.91. The Morgan fingerprint density at radius 1 is 0.385 bits per heavy atom. The van der Waals surface area contributed by atoms with Crippen LogP contribution in [-0.2, 0) is 0 Å². The van der Waals surface area contributed by atoms with Gasteiger partial charge in [0.05, 0.1) is 0 Å². The van der Waals surface area contributed by atoms with E-state index in [1.807, 2.05) is 0 Å². The molecule has 0 atom stereocenters. The van der Waals surface area contributed by atoms with Crippen LogP contribution >= 0.6 is 0 Å². The first-order valence-electron chi connectivity index (χ1n) is 7.63. The molecule has 4 aromatic rings. The van der Waals surface area contributed by atoms with Crippen LogP contribution in [0.15, 0.2) is 60.7 Å². The fraction of sp³-hybridized carbons (Fsp3) is 0. The summed E-state index contributed by atoms with van der Waals surface area (Å²) in [5, 5.41) is 57.9. The van der Waals surface area contributed by atoms with Gasteiger partial charge in [-0.1, -0.05) is 0 Å². The molecule has 0 heterocycles. The van der Waals surface area contributed by atoms with Crippen molar-refractivity contribution in [3.05, 3.63) is 60.7 Å². The molecule has 0 fully saturated rings. The number of aromatic hydroxyl groups is 6. The Labute approximate surface area is 148 Å². The van der Waals surface area contributed by atoms with Crippen molar-refractivity contribution in [2.45, 2.75) is 0 Å². The fourth-order valence-electron chi connectivity index (χ4n) is 2.64. The molecule has 0 spiro atoms. The van der Waals surface area contributed by atoms with Gasteiger partial charge in [0.1, 0.15) is 34.5 Å². The summed E-state index contributed by atoms with van der Waals surface area (Å²) < 4.78 is 0. The van der Waals surface area contributed by atoms with Gasteiger partial charge >= 0.3 is 0 Å². The van der Waals surface area contributed by atoms with Crippen molar-refractivity contribution in [2.75, 3.05) is 0 Å². The van der Waals surface area contributed by atoms with Crippen LogP contribution in [0.5, 0.6) is 34.5 Å². The van der Waals surface area contributed by atoms with Crippen LogP contribution in [0.1, 0.15) is 0 Å². The summed E-state index contributed by atoms with van der Waals surface area (Å²) in [5.41, 5.74) is 0. The average molecular weight is 352 g/mol. The number of benzene rings is 4. The molecular weight excluding hydrogens is 336 g/mol. The summed E-state index contributed by atoms with van der Waals surface area (Å²) in [5.74, 6) is 0.200. The molecule has 0 saturated heterocycles. The number of fused-ring (bicyclic) bond motifs is 2. The Morgan fingerprint density at radius 3 is 1.12 bits per heavy atom. The number of phenols is 6. The maximum atomic E-state index is 9.40. The molecule has 4 aromatic carbocycles. The molecule has 0 aliphatic carbocycles. The van der Waals surface area contributed by atoms with Crippen LogP contribution in [0.2, 0.25) is 0 Å². The zero-order chi connectivity index (χ0) is 18.8. The molecule has 26 heavy (non-hydrogen) atoms. The van der Waals surface area contributed by atoms with Crippen LogP contribution in [0.3, 0.4) is 0 Å². The second-order valence-corrected chi connectivity index (χ2v) is 5.74. The quantitative estimate of drug-likeness (QED) is 0.285. The van der Waals surface area contributed by atoms with Gasteiger partial charge in [-0.25, -0.2) is 0 Å². The molecule has 0 bridgehead atoms. The monoisotopic (exact) mass is 352 g/mol. The Morgan fingerprint density at radius 2 is 0.731 bits per heavy atom. The molecule has 0 saturated carbocycles. The van der Waals surface area contributed by atoms with Gasteiger partial charge in [-0.15, -0.1) is 0 Å². The molecule has 0 aromatic heterocycles. The van der Waals surface area contributed by atoms with Crippen molar-refractivity contribution in [2.24, 2.45) is 0 Å². The predicted molar refractivity (Wildman–Crippen MR) is 97.9 cm³/mol. The van der Waals surface area contributed by atoms with E-state index in [0.29, 0.717) is 21.5 Å². The van der Waals surface area contributed by atoms with E-state index in [9.17, 15) is 10.2 Å². The molecule has 0 unspecified atom stereocenters. The minimum atomic E-state index is -0.0180. The van der Waals surface area contributed by atoms with Crippen LogP contribution in [0, 0.1) is 0 Å². The zero-order valence-corrected chi connectivity index (χ0v) is 13.5. The van der Waals surface area contributed by atoms with Gasteiger partial charge < -0.3 is 30.6 Å².